The molecule has 8 nitrogen and oxygen atoms in total. The summed E-state index contributed by atoms with van der Waals surface area (Å²) in [5.41, 5.74) is 5.95. The minimum Gasteiger partial charge on any atom is -0.497 e. The maximum absolute atomic E-state index is 12.7. The van der Waals surface area contributed by atoms with Crippen LogP contribution < -0.4 is 20.5 Å². The molecule has 2 heterocycles. The Morgan fingerprint density at radius 1 is 1.00 bits per heavy atom. The van der Waals surface area contributed by atoms with Crippen LogP contribution in [0.4, 0.5) is 0 Å². The molecular formula is C25H20N4O4. The number of hydrogen-bond acceptors (Lipinski definition) is 6. The summed E-state index contributed by atoms with van der Waals surface area (Å²) >= 11 is 0. The molecule has 164 valence electrons. The van der Waals surface area contributed by atoms with E-state index in [1.165, 1.54) is 0 Å². The summed E-state index contributed by atoms with van der Waals surface area (Å²) < 4.78 is 16.7. The van der Waals surface area contributed by atoms with Crippen LogP contribution in [0.2, 0.25) is 0 Å². The molecule has 0 aliphatic rings. The summed E-state index contributed by atoms with van der Waals surface area (Å²) in [6, 6.07) is 22.0. The number of H-pyrrole nitrogens is 1. The number of methoxy groups -OCH3 is 2. The Morgan fingerprint density at radius 2 is 1.85 bits per heavy atom. The molecule has 5 rings (SSSR count). The Bertz CT molecular complexity index is 1520. The molecule has 0 aliphatic heterocycles. The highest BCUT2D eigenvalue weighted by atomic mass is 16.5. The van der Waals surface area contributed by atoms with Crippen LogP contribution in [0.1, 0.15) is 10.4 Å². The molecule has 5 aromatic rings. The third-order valence-corrected chi connectivity index (χ3v) is 5.19. The summed E-state index contributed by atoms with van der Waals surface area (Å²) in [6.45, 7) is 0. The van der Waals surface area contributed by atoms with Crippen LogP contribution in [0.5, 0.6) is 11.5 Å². The van der Waals surface area contributed by atoms with E-state index in [0.29, 0.717) is 34.0 Å². The molecule has 8 heteroatoms. The SMILES string of the molecule is COc1cccc(C(=O)N/N=c2/oc3c(OC)cccc3cc2-c2nc3ccccc3[nH]2)c1. The van der Waals surface area contributed by atoms with Crippen LogP contribution in [0, 0.1) is 0 Å². The standard InChI is InChI=1S/C25H20N4O4/c1-31-17-9-5-8-16(13-17)24(30)28-29-25-18(23-26-19-10-3-4-11-20(19)27-23)14-15-7-6-12-21(32-2)22(15)33-25/h3-14H,1-2H3,(H,26,27)(H,28,30)/b29-25+. The Balaban J connectivity index is 1.64. The number of imidazole rings is 1. The lowest BCUT2D eigenvalue weighted by Crippen LogP contribution is -2.22. The quantitative estimate of drug-likeness (QED) is 0.398. The summed E-state index contributed by atoms with van der Waals surface area (Å²) in [6.07, 6.45) is 0. The van der Waals surface area contributed by atoms with E-state index in [9.17, 15) is 4.79 Å². The Kier molecular flexibility index (Phi) is 5.24. The normalized spacial score (nSPS) is 11.6. The van der Waals surface area contributed by atoms with Crippen LogP contribution in [-0.2, 0) is 0 Å². The lowest BCUT2D eigenvalue weighted by atomic mass is 10.1. The van der Waals surface area contributed by atoms with Gasteiger partial charge in [0.2, 0.25) is 5.55 Å². The van der Waals surface area contributed by atoms with Gasteiger partial charge in [-0.25, -0.2) is 10.4 Å². The number of aromatic amines is 1. The number of benzene rings is 3. The van der Waals surface area contributed by atoms with Gasteiger partial charge in [0, 0.05) is 10.9 Å². The molecule has 0 radical (unpaired) electrons. The van der Waals surface area contributed by atoms with Crippen molar-refractivity contribution in [3.63, 3.8) is 0 Å². The van der Waals surface area contributed by atoms with Gasteiger partial charge >= 0.3 is 0 Å². The third kappa shape index (κ3) is 3.89. The number of aromatic nitrogens is 2. The number of carbonyl (C=O) groups is 1. The predicted molar refractivity (Wildman–Crippen MR) is 124 cm³/mol. The van der Waals surface area contributed by atoms with Crippen molar-refractivity contribution < 1.29 is 18.7 Å². The molecule has 0 spiro atoms. The van der Waals surface area contributed by atoms with E-state index in [2.05, 4.69) is 20.5 Å². The van der Waals surface area contributed by atoms with Crippen molar-refractivity contribution in [2.45, 2.75) is 0 Å². The number of fused-ring (bicyclic) bond motifs is 2. The van der Waals surface area contributed by atoms with Gasteiger partial charge in [0.1, 0.15) is 11.6 Å². The second kappa shape index (κ2) is 8.51. The molecule has 0 atom stereocenters. The zero-order chi connectivity index (χ0) is 22.8. The average Bonchev–Trinajstić information content (AvgIpc) is 3.30. The second-order valence-electron chi connectivity index (χ2n) is 7.23. The highest BCUT2D eigenvalue weighted by Gasteiger charge is 2.14. The maximum atomic E-state index is 12.7. The molecule has 1 amide bonds. The van der Waals surface area contributed by atoms with Gasteiger partial charge in [-0.3, -0.25) is 4.79 Å². The lowest BCUT2D eigenvalue weighted by molar-refractivity contribution is 0.0951. The van der Waals surface area contributed by atoms with Gasteiger partial charge in [-0.15, -0.1) is 5.10 Å². The number of hydrogen-bond donors (Lipinski definition) is 2. The van der Waals surface area contributed by atoms with E-state index in [1.807, 2.05) is 42.5 Å². The molecular weight excluding hydrogens is 420 g/mol. The summed E-state index contributed by atoms with van der Waals surface area (Å²) in [5.74, 6) is 1.30. The van der Waals surface area contributed by atoms with Gasteiger partial charge in [-0.1, -0.05) is 30.3 Å². The zero-order valence-corrected chi connectivity index (χ0v) is 18.0. The molecule has 3 aromatic carbocycles. The number of para-hydroxylation sites is 3. The molecule has 0 unspecified atom stereocenters. The van der Waals surface area contributed by atoms with Crippen molar-refractivity contribution in [3.05, 3.63) is 83.9 Å². The summed E-state index contributed by atoms with van der Waals surface area (Å²) in [5, 5.41) is 5.10. The van der Waals surface area contributed by atoms with Gasteiger partial charge < -0.3 is 18.9 Å². The molecule has 2 aromatic heterocycles. The zero-order valence-electron chi connectivity index (χ0n) is 18.0. The van der Waals surface area contributed by atoms with E-state index < -0.39 is 5.91 Å². The fourth-order valence-corrected chi connectivity index (χ4v) is 3.55. The molecule has 2 N–H and O–H groups in total. The van der Waals surface area contributed by atoms with Crippen LogP contribution in [-0.4, -0.2) is 30.1 Å². The Morgan fingerprint density at radius 3 is 2.67 bits per heavy atom. The van der Waals surface area contributed by atoms with Gasteiger partial charge in [0.15, 0.2) is 11.3 Å². The van der Waals surface area contributed by atoms with Crippen LogP contribution >= 0.6 is 0 Å². The minimum atomic E-state index is -0.403. The summed E-state index contributed by atoms with van der Waals surface area (Å²) in [7, 11) is 3.11. The number of nitrogens with zero attached hydrogens (tertiary/aromatic N) is 2. The number of nitrogens with one attached hydrogen (secondary N) is 2. The Hall–Kier alpha value is -4.59. The molecule has 0 saturated heterocycles. The summed E-state index contributed by atoms with van der Waals surface area (Å²) in [4.78, 5) is 20.7. The van der Waals surface area contributed by atoms with Crippen LogP contribution in [0.15, 0.2) is 82.3 Å². The molecule has 0 fully saturated rings. The smallest absolute Gasteiger partial charge is 0.271 e. The molecule has 33 heavy (non-hydrogen) atoms. The topological polar surface area (TPSA) is 102 Å². The number of ether oxygens (including phenoxy) is 2. The largest absolute Gasteiger partial charge is 0.497 e. The highest BCUT2D eigenvalue weighted by molar-refractivity contribution is 5.94. The average molecular weight is 440 g/mol. The van der Waals surface area contributed by atoms with E-state index in [1.54, 1.807) is 44.6 Å². The highest BCUT2D eigenvalue weighted by Crippen LogP contribution is 2.27. The Labute approximate surface area is 188 Å². The van der Waals surface area contributed by atoms with Crippen molar-refractivity contribution in [2.75, 3.05) is 14.2 Å². The van der Waals surface area contributed by atoms with Crippen LogP contribution in [0.3, 0.4) is 0 Å². The first-order valence-electron chi connectivity index (χ1n) is 10.2. The monoisotopic (exact) mass is 440 g/mol. The van der Waals surface area contributed by atoms with E-state index >= 15 is 0 Å². The van der Waals surface area contributed by atoms with Crippen molar-refractivity contribution >= 4 is 27.9 Å². The van der Waals surface area contributed by atoms with Gasteiger partial charge in [0.25, 0.3) is 5.91 Å². The lowest BCUT2D eigenvalue weighted by Gasteiger charge is -2.07. The molecule has 0 saturated carbocycles. The van der Waals surface area contributed by atoms with E-state index in [0.717, 1.165) is 16.4 Å². The van der Waals surface area contributed by atoms with Crippen molar-refractivity contribution in [1.29, 1.82) is 0 Å². The first-order valence-corrected chi connectivity index (χ1v) is 10.2. The van der Waals surface area contributed by atoms with Gasteiger partial charge in [-0.2, -0.15) is 0 Å². The van der Waals surface area contributed by atoms with Gasteiger partial charge in [-0.05, 0) is 42.5 Å². The maximum Gasteiger partial charge on any atom is 0.271 e. The number of amides is 1. The fraction of sp³-hybridized carbons (Fsp3) is 0.0800. The third-order valence-electron chi connectivity index (χ3n) is 5.19. The van der Waals surface area contributed by atoms with Crippen molar-refractivity contribution in [1.82, 2.24) is 15.4 Å². The fourth-order valence-electron chi connectivity index (χ4n) is 3.55. The minimum absolute atomic E-state index is 0.183. The first kappa shape index (κ1) is 20.3. The molecule has 0 bridgehead atoms. The molecule has 0 aliphatic carbocycles. The first-order chi connectivity index (χ1) is 16.2. The van der Waals surface area contributed by atoms with Crippen molar-refractivity contribution in [2.24, 2.45) is 5.10 Å². The number of rotatable bonds is 5. The second-order valence-corrected chi connectivity index (χ2v) is 7.23. The predicted octanol–water partition coefficient (Wildman–Crippen LogP) is 4.24. The van der Waals surface area contributed by atoms with Crippen LogP contribution in [0.25, 0.3) is 33.4 Å². The van der Waals surface area contributed by atoms with Crippen molar-refractivity contribution in [3.8, 4) is 22.9 Å². The van der Waals surface area contributed by atoms with E-state index in [4.69, 9.17) is 13.9 Å². The number of carbonyl (C=O) groups excluding carboxylic acids is 1. The van der Waals surface area contributed by atoms with E-state index in [-0.39, 0.29) is 5.55 Å². The van der Waals surface area contributed by atoms with Gasteiger partial charge in [0.05, 0.1) is 30.8 Å².